The molecule has 0 spiro atoms. The van der Waals surface area contributed by atoms with Gasteiger partial charge in [-0.25, -0.2) is 4.79 Å². The van der Waals surface area contributed by atoms with E-state index in [-0.39, 0.29) is 25.3 Å². The van der Waals surface area contributed by atoms with E-state index in [0.717, 1.165) is 6.20 Å². The lowest BCUT2D eigenvalue weighted by atomic mass is 10.0. The summed E-state index contributed by atoms with van der Waals surface area (Å²) in [4.78, 5) is 94.4. The van der Waals surface area contributed by atoms with Crippen molar-refractivity contribution in [1.29, 1.82) is 0 Å². The number of carbonyl (C=O) groups excluding carboxylic acids is 7. The Morgan fingerprint density at radius 3 is 2.32 bits per heavy atom. The second-order valence-corrected chi connectivity index (χ2v) is 10.6. The summed E-state index contributed by atoms with van der Waals surface area (Å²) in [6, 6.07) is -8.65. The predicted octanol–water partition coefficient (Wildman–Crippen LogP) is -8.23. The molecule has 0 aliphatic carbocycles. The highest BCUT2D eigenvalue weighted by Gasteiger charge is 2.35. The first-order valence-electron chi connectivity index (χ1n) is 14.7. The number of urea groups is 1. The van der Waals surface area contributed by atoms with Crippen molar-refractivity contribution in [2.75, 3.05) is 32.8 Å². The highest BCUT2D eigenvalue weighted by atomic mass is 16.3. The van der Waals surface area contributed by atoms with Crippen LogP contribution < -0.4 is 71.2 Å². The van der Waals surface area contributed by atoms with E-state index in [2.05, 4.69) is 42.2 Å². The summed E-state index contributed by atoms with van der Waals surface area (Å²) < 4.78 is 0. The molecule has 2 aliphatic heterocycles. The molecule has 2 rings (SSSR count). The quantitative estimate of drug-likeness (QED) is 0.0963. The molecule has 262 valence electrons. The molecular formula is C25H44N14O8. The SMILES string of the molecule is NCCC[C@H](N)CC(=O)N[C@H]1CNC(=O)[C@H](C2CCN=C(N)N2)NC(=O)/C(=C\NC(N)=O)NC(=O)[C@H](CN)NC(=O)[C@H](CO)NC1=O. The van der Waals surface area contributed by atoms with E-state index in [1.807, 2.05) is 5.32 Å². The number of carbonyl (C=O) groups is 7. The molecule has 0 aromatic carbocycles. The molecule has 2 heterocycles. The van der Waals surface area contributed by atoms with Crippen LogP contribution in [0.5, 0.6) is 0 Å². The lowest BCUT2D eigenvalue weighted by Crippen LogP contribution is -2.64. The first kappa shape index (κ1) is 38.1. The summed E-state index contributed by atoms with van der Waals surface area (Å²) in [5, 5.41) is 28.8. The monoisotopic (exact) mass is 668 g/mol. The fourth-order valence-corrected chi connectivity index (χ4v) is 4.44. The summed E-state index contributed by atoms with van der Waals surface area (Å²) in [6.45, 7) is -1.47. The Kier molecular flexibility index (Phi) is 15.2. The molecule has 1 fully saturated rings. The molecule has 8 amide bonds. The molecule has 19 N–H and O–H groups in total. The van der Waals surface area contributed by atoms with Crippen LogP contribution in [0.4, 0.5) is 4.79 Å². The van der Waals surface area contributed by atoms with E-state index in [4.69, 9.17) is 28.7 Å². The number of rotatable bonds is 10. The molecule has 22 heteroatoms. The van der Waals surface area contributed by atoms with Crippen molar-refractivity contribution in [3.05, 3.63) is 11.9 Å². The van der Waals surface area contributed by atoms with Gasteiger partial charge in [-0.05, 0) is 25.8 Å². The fraction of sp³-hybridized carbons (Fsp3) is 0.600. The predicted molar refractivity (Wildman–Crippen MR) is 165 cm³/mol. The first-order valence-corrected chi connectivity index (χ1v) is 14.7. The first-order chi connectivity index (χ1) is 22.3. The Morgan fingerprint density at radius 2 is 1.70 bits per heavy atom. The molecule has 0 aromatic heterocycles. The van der Waals surface area contributed by atoms with Crippen LogP contribution in [0.3, 0.4) is 0 Å². The van der Waals surface area contributed by atoms with E-state index < -0.39 is 103 Å². The third-order valence-electron chi connectivity index (χ3n) is 6.93. The van der Waals surface area contributed by atoms with Crippen molar-refractivity contribution in [1.82, 2.24) is 42.5 Å². The third-order valence-corrected chi connectivity index (χ3v) is 6.93. The van der Waals surface area contributed by atoms with Gasteiger partial charge in [-0.15, -0.1) is 0 Å². The van der Waals surface area contributed by atoms with Crippen molar-refractivity contribution in [2.24, 2.45) is 33.7 Å². The number of nitrogens with zero attached hydrogens (tertiary/aromatic N) is 1. The van der Waals surface area contributed by atoms with E-state index in [1.54, 1.807) is 0 Å². The fourth-order valence-electron chi connectivity index (χ4n) is 4.44. The Bertz CT molecular complexity index is 1240. The van der Waals surface area contributed by atoms with Crippen molar-refractivity contribution in [2.45, 2.75) is 61.9 Å². The van der Waals surface area contributed by atoms with E-state index >= 15 is 0 Å². The van der Waals surface area contributed by atoms with Crippen LogP contribution in [0.2, 0.25) is 0 Å². The summed E-state index contributed by atoms with van der Waals surface area (Å²) in [5.74, 6) is -5.73. The number of nitrogens with one attached hydrogen (secondary N) is 8. The van der Waals surface area contributed by atoms with E-state index in [0.29, 0.717) is 19.4 Å². The second-order valence-electron chi connectivity index (χ2n) is 10.6. The summed E-state index contributed by atoms with van der Waals surface area (Å²) >= 11 is 0. The Labute approximate surface area is 269 Å². The maximum Gasteiger partial charge on any atom is 0.316 e. The van der Waals surface area contributed by atoms with Gasteiger partial charge in [0.1, 0.15) is 29.9 Å². The third kappa shape index (κ3) is 12.3. The summed E-state index contributed by atoms with van der Waals surface area (Å²) in [7, 11) is 0. The molecule has 0 bridgehead atoms. The van der Waals surface area contributed by atoms with Crippen LogP contribution in [0.1, 0.15) is 25.7 Å². The average molecular weight is 669 g/mol. The topological polar surface area (TPSA) is 378 Å². The zero-order valence-corrected chi connectivity index (χ0v) is 25.5. The highest BCUT2D eigenvalue weighted by Crippen LogP contribution is 2.07. The van der Waals surface area contributed by atoms with E-state index in [1.165, 1.54) is 0 Å². The number of aliphatic hydroxyl groups is 1. The number of aliphatic hydroxyl groups excluding tert-OH is 1. The lowest BCUT2D eigenvalue weighted by Gasteiger charge is -2.31. The minimum atomic E-state index is -1.64. The normalized spacial score (nSPS) is 26.3. The van der Waals surface area contributed by atoms with Crippen molar-refractivity contribution in [3.63, 3.8) is 0 Å². The molecule has 1 unspecified atom stereocenters. The van der Waals surface area contributed by atoms with Gasteiger partial charge in [0.25, 0.3) is 5.91 Å². The molecule has 1 saturated heterocycles. The molecule has 6 atom stereocenters. The smallest absolute Gasteiger partial charge is 0.316 e. The van der Waals surface area contributed by atoms with Gasteiger partial charge >= 0.3 is 6.03 Å². The highest BCUT2D eigenvalue weighted by molar-refractivity contribution is 6.02. The molecular weight excluding hydrogens is 624 g/mol. The van der Waals surface area contributed by atoms with Crippen molar-refractivity contribution < 1.29 is 38.7 Å². The van der Waals surface area contributed by atoms with Gasteiger partial charge in [-0.3, -0.25) is 33.8 Å². The minimum absolute atomic E-state index is 0.0260. The number of nitrogens with two attached hydrogens (primary N) is 5. The van der Waals surface area contributed by atoms with Crippen molar-refractivity contribution >= 4 is 47.4 Å². The number of aliphatic imine (C=N–C) groups is 1. The van der Waals surface area contributed by atoms with Crippen LogP contribution in [0.25, 0.3) is 0 Å². The Morgan fingerprint density at radius 1 is 1.00 bits per heavy atom. The largest absolute Gasteiger partial charge is 0.394 e. The van der Waals surface area contributed by atoms with Gasteiger partial charge in [0.2, 0.25) is 29.5 Å². The van der Waals surface area contributed by atoms with E-state index in [9.17, 15) is 38.7 Å². The minimum Gasteiger partial charge on any atom is -0.394 e. The average Bonchev–Trinajstić information content (AvgIpc) is 3.02. The molecule has 22 nitrogen and oxygen atoms in total. The van der Waals surface area contributed by atoms with Gasteiger partial charge in [-0.1, -0.05) is 0 Å². The van der Waals surface area contributed by atoms with Gasteiger partial charge in [-0.2, -0.15) is 0 Å². The number of guanidine groups is 1. The zero-order valence-electron chi connectivity index (χ0n) is 25.5. The molecule has 47 heavy (non-hydrogen) atoms. The number of amides is 8. The number of hydrogen-bond acceptors (Lipinski definition) is 14. The maximum atomic E-state index is 13.6. The molecule has 2 aliphatic rings. The number of hydrogen-bond donors (Lipinski definition) is 14. The molecule has 0 saturated carbocycles. The van der Waals surface area contributed by atoms with Gasteiger partial charge in [0.05, 0.1) is 12.6 Å². The molecule has 0 radical (unpaired) electrons. The van der Waals surface area contributed by atoms with Crippen LogP contribution in [0, 0.1) is 0 Å². The number of primary amides is 1. The lowest BCUT2D eigenvalue weighted by molar-refractivity contribution is -0.135. The zero-order chi connectivity index (χ0) is 35.1. The van der Waals surface area contributed by atoms with Crippen LogP contribution >= 0.6 is 0 Å². The molecule has 0 aromatic rings. The van der Waals surface area contributed by atoms with Crippen LogP contribution in [-0.2, 0) is 28.8 Å². The van der Waals surface area contributed by atoms with Crippen LogP contribution in [0.15, 0.2) is 16.9 Å². The van der Waals surface area contributed by atoms with Gasteiger partial charge < -0.3 is 76.3 Å². The Balaban J connectivity index is 2.51. The Hall–Kier alpha value is -5.06. The summed E-state index contributed by atoms with van der Waals surface area (Å²) in [6.07, 6.45) is 1.73. The second kappa shape index (κ2) is 18.8. The van der Waals surface area contributed by atoms with Crippen LogP contribution in [-0.4, -0.2) is 122 Å². The van der Waals surface area contributed by atoms with Gasteiger partial charge in [0, 0.05) is 38.3 Å². The standard InChI is InChI=1S/C25H44N14O8/c26-4-1-2-11(28)6-17(41)34-14-8-32-23(46)18(12-3-5-31-24(29)38-12)39-21(44)15(9-33-25(30)47)36-19(42)13(7-27)35-22(45)16(10-40)37-20(14)43/h9,11-14,16,18,40H,1-8,10,26-28H2,(H,32,46)(H,34,41)(H,35,45)(H,36,42)(H,37,43)(H,39,44)(H3,29,31,38)(H3,30,33,47)/b15-9+/t11-,12?,13-,14-,16-,18-/m0/s1. The maximum absolute atomic E-state index is 13.6. The summed E-state index contributed by atoms with van der Waals surface area (Å²) in [5.41, 5.74) is 27.4. The van der Waals surface area contributed by atoms with Gasteiger partial charge in [0.15, 0.2) is 5.96 Å². The van der Waals surface area contributed by atoms with Crippen molar-refractivity contribution in [3.8, 4) is 0 Å².